The summed E-state index contributed by atoms with van der Waals surface area (Å²) in [6, 6.07) is 1.90. The summed E-state index contributed by atoms with van der Waals surface area (Å²) >= 11 is 0. The van der Waals surface area contributed by atoms with Crippen LogP contribution in [0, 0.1) is 0 Å². The van der Waals surface area contributed by atoms with E-state index in [1.165, 1.54) is 19.3 Å². The Morgan fingerprint density at radius 3 is 2.81 bits per heavy atom. The van der Waals surface area contributed by atoms with Gasteiger partial charge in [0, 0.05) is 18.7 Å². The van der Waals surface area contributed by atoms with E-state index in [1.54, 1.807) is 6.08 Å². The number of aromatic nitrogens is 1. The molecule has 1 atom stereocenters. The molecule has 0 aliphatic carbocycles. The van der Waals surface area contributed by atoms with Gasteiger partial charge in [-0.05, 0) is 31.8 Å². The lowest BCUT2D eigenvalue weighted by Crippen LogP contribution is -2.56. The number of amidine groups is 1. The van der Waals surface area contributed by atoms with Crippen molar-refractivity contribution in [1.82, 2.24) is 15.4 Å². The zero-order valence-electron chi connectivity index (χ0n) is 15.7. The van der Waals surface area contributed by atoms with Crippen molar-refractivity contribution < 1.29 is 9.26 Å². The van der Waals surface area contributed by atoms with Gasteiger partial charge in [0.05, 0.1) is 12.1 Å². The summed E-state index contributed by atoms with van der Waals surface area (Å²) in [4.78, 5) is 6.74. The molecule has 0 spiro atoms. The maximum absolute atomic E-state index is 6.37. The molecule has 2 aliphatic heterocycles. The average molecular weight is 362 g/mol. The van der Waals surface area contributed by atoms with Gasteiger partial charge in [-0.15, -0.1) is 0 Å². The molecule has 1 fully saturated rings. The molecule has 0 aromatic carbocycles. The Morgan fingerprint density at radius 2 is 2.12 bits per heavy atom. The SMILES string of the molecule is CC(C)c1cc(CC2(N)N=C(N)C=C(OCCN3CCCCC3)N2)on1. The van der Waals surface area contributed by atoms with E-state index in [0.717, 1.165) is 25.3 Å². The first-order chi connectivity index (χ1) is 12.4. The van der Waals surface area contributed by atoms with Gasteiger partial charge in [-0.25, -0.2) is 4.99 Å². The van der Waals surface area contributed by atoms with Gasteiger partial charge in [0.2, 0.25) is 0 Å². The fraction of sp³-hybridized carbons (Fsp3) is 0.667. The van der Waals surface area contributed by atoms with Crippen LogP contribution in [0.2, 0.25) is 0 Å². The molecule has 5 N–H and O–H groups in total. The third-order valence-electron chi connectivity index (χ3n) is 4.67. The van der Waals surface area contributed by atoms with Gasteiger partial charge >= 0.3 is 0 Å². The number of hydrogen-bond donors (Lipinski definition) is 3. The highest BCUT2D eigenvalue weighted by molar-refractivity contribution is 5.92. The summed E-state index contributed by atoms with van der Waals surface area (Å²) in [5, 5.41) is 7.19. The summed E-state index contributed by atoms with van der Waals surface area (Å²) < 4.78 is 11.2. The fourth-order valence-electron chi connectivity index (χ4n) is 3.25. The normalized spacial score (nSPS) is 24.2. The van der Waals surface area contributed by atoms with Crippen LogP contribution in [0.25, 0.3) is 0 Å². The second-order valence-corrected chi connectivity index (χ2v) is 7.39. The van der Waals surface area contributed by atoms with E-state index in [4.69, 9.17) is 20.7 Å². The largest absolute Gasteiger partial charge is 0.478 e. The minimum atomic E-state index is -1.10. The Kier molecular flexibility index (Phi) is 5.83. The Labute approximate surface area is 154 Å². The molecule has 0 bridgehead atoms. The Balaban J connectivity index is 1.55. The second kappa shape index (κ2) is 8.09. The first kappa shape index (κ1) is 18.7. The van der Waals surface area contributed by atoms with E-state index < -0.39 is 5.79 Å². The average Bonchev–Trinajstić information content (AvgIpc) is 3.03. The van der Waals surface area contributed by atoms with E-state index in [1.807, 2.05) is 6.07 Å². The number of nitrogens with one attached hydrogen (secondary N) is 1. The molecule has 1 aromatic rings. The molecular formula is C18H30N6O2. The number of likely N-dealkylation sites (tertiary alicyclic amines) is 1. The summed E-state index contributed by atoms with van der Waals surface area (Å²) in [6.07, 6.45) is 5.86. The molecule has 8 heteroatoms. The van der Waals surface area contributed by atoms with Crippen molar-refractivity contribution in [2.45, 2.75) is 51.2 Å². The summed E-state index contributed by atoms with van der Waals surface area (Å²) in [5.74, 6) is 0.730. The van der Waals surface area contributed by atoms with Crippen molar-refractivity contribution in [2.24, 2.45) is 16.5 Å². The van der Waals surface area contributed by atoms with Gasteiger partial charge in [-0.3, -0.25) is 10.6 Å². The molecule has 8 nitrogen and oxygen atoms in total. The molecule has 3 rings (SSSR count). The summed E-state index contributed by atoms with van der Waals surface area (Å²) in [7, 11) is 0. The van der Waals surface area contributed by atoms with Crippen molar-refractivity contribution in [3.05, 3.63) is 29.5 Å². The molecule has 0 radical (unpaired) electrons. The molecule has 1 aromatic heterocycles. The van der Waals surface area contributed by atoms with Gasteiger partial charge in [-0.1, -0.05) is 25.4 Å². The summed E-state index contributed by atoms with van der Waals surface area (Å²) in [6.45, 7) is 7.89. The zero-order valence-corrected chi connectivity index (χ0v) is 15.7. The number of rotatable bonds is 7. The Hall–Kier alpha value is -2.06. The highest BCUT2D eigenvalue weighted by Crippen LogP contribution is 2.20. The van der Waals surface area contributed by atoms with Gasteiger partial charge in [0.15, 0.2) is 11.7 Å². The van der Waals surface area contributed by atoms with Crippen molar-refractivity contribution >= 4 is 5.84 Å². The van der Waals surface area contributed by atoms with Crippen LogP contribution in [0.3, 0.4) is 0 Å². The third kappa shape index (κ3) is 4.98. The van der Waals surface area contributed by atoms with Gasteiger partial charge < -0.3 is 20.3 Å². The minimum absolute atomic E-state index is 0.294. The fourth-order valence-corrected chi connectivity index (χ4v) is 3.25. The van der Waals surface area contributed by atoms with Crippen molar-refractivity contribution in [3.63, 3.8) is 0 Å². The molecule has 2 aliphatic rings. The van der Waals surface area contributed by atoms with Crippen LogP contribution >= 0.6 is 0 Å². The minimum Gasteiger partial charge on any atom is -0.478 e. The molecular weight excluding hydrogens is 332 g/mol. The second-order valence-electron chi connectivity index (χ2n) is 7.39. The first-order valence-corrected chi connectivity index (χ1v) is 9.38. The van der Waals surface area contributed by atoms with E-state index in [-0.39, 0.29) is 0 Å². The van der Waals surface area contributed by atoms with Crippen molar-refractivity contribution in [2.75, 3.05) is 26.2 Å². The van der Waals surface area contributed by atoms with Crippen LogP contribution < -0.4 is 16.8 Å². The smallest absolute Gasteiger partial charge is 0.194 e. The Morgan fingerprint density at radius 1 is 1.35 bits per heavy atom. The van der Waals surface area contributed by atoms with Gasteiger partial charge in [0.1, 0.15) is 18.2 Å². The maximum Gasteiger partial charge on any atom is 0.194 e. The van der Waals surface area contributed by atoms with Crippen LogP contribution in [-0.2, 0) is 11.2 Å². The van der Waals surface area contributed by atoms with E-state index >= 15 is 0 Å². The number of aliphatic imine (C=N–C) groups is 1. The molecule has 26 heavy (non-hydrogen) atoms. The van der Waals surface area contributed by atoms with Crippen molar-refractivity contribution in [3.8, 4) is 0 Å². The van der Waals surface area contributed by atoms with Gasteiger partial charge in [-0.2, -0.15) is 0 Å². The van der Waals surface area contributed by atoms with E-state index in [2.05, 4.69) is 34.2 Å². The summed E-state index contributed by atoms with van der Waals surface area (Å²) in [5.41, 5.74) is 13.2. The molecule has 1 saturated heterocycles. The monoisotopic (exact) mass is 362 g/mol. The number of hydrogen-bond acceptors (Lipinski definition) is 8. The lowest BCUT2D eigenvalue weighted by Gasteiger charge is -2.31. The van der Waals surface area contributed by atoms with E-state index in [9.17, 15) is 0 Å². The number of nitrogens with zero attached hydrogens (tertiary/aromatic N) is 3. The number of piperidine rings is 1. The van der Waals surface area contributed by atoms with Crippen LogP contribution in [0.4, 0.5) is 0 Å². The molecule has 144 valence electrons. The lowest BCUT2D eigenvalue weighted by molar-refractivity contribution is 0.119. The van der Waals surface area contributed by atoms with Crippen LogP contribution in [0.1, 0.15) is 50.5 Å². The van der Waals surface area contributed by atoms with Crippen molar-refractivity contribution in [1.29, 1.82) is 0 Å². The molecule has 1 unspecified atom stereocenters. The molecule has 0 saturated carbocycles. The zero-order chi connectivity index (χ0) is 18.6. The van der Waals surface area contributed by atoms with E-state index in [0.29, 0.717) is 36.4 Å². The number of ether oxygens (including phenoxy) is 1. The highest BCUT2D eigenvalue weighted by Gasteiger charge is 2.31. The van der Waals surface area contributed by atoms with Crippen LogP contribution in [-0.4, -0.2) is 47.9 Å². The van der Waals surface area contributed by atoms with Gasteiger partial charge in [0.25, 0.3) is 0 Å². The molecule has 3 heterocycles. The Bertz CT molecular complexity index is 662. The standard InChI is InChI=1S/C18H30N6O2/c1-13(2)15-10-14(26-23-15)12-18(20)21-16(19)11-17(22-18)25-9-8-24-6-4-3-5-7-24/h10-11,13,22H,3-9,12,20H2,1-2H3,(H2,19,21). The van der Waals surface area contributed by atoms with Crippen LogP contribution in [0.5, 0.6) is 0 Å². The molecule has 0 amide bonds. The topological polar surface area (TPSA) is 115 Å². The highest BCUT2D eigenvalue weighted by atomic mass is 16.5. The maximum atomic E-state index is 6.37. The van der Waals surface area contributed by atoms with Crippen LogP contribution in [0.15, 0.2) is 27.5 Å². The quantitative estimate of drug-likeness (QED) is 0.669. The lowest BCUT2D eigenvalue weighted by atomic mass is 10.1. The third-order valence-corrected chi connectivity index (χ3v) is 4.67. The predicted octanol–water partition coefficient (Wildman–Crippen LogP) is 1.26. The first-order valence-electron chi connectivity index (χ1n) is 9.38. The number of nitrogens with two attached hydrogens (primary N) is 2. The predicted molar refractivity (Wildman–Crippen MR) is 100 cm³/mol.